The highest BCUT2D eigenvalue weighted by Crippen LogP contribution is 2.01. The number of hydrogen-bond acceptors (Lipinski definition) is 2. The fourth-order valence-electron chi connectivity index (χ4n) is 0.400. The molecule has 0 aliphatic carbocycles. The smallest absolute Gasteiger partial charge is 0.0544 e. The summed E-state index contributed by atoms with van der Waals surface area (Å²) in [7, 11) is 0. The first kappa shape index (κ1) is 8.87. The zero-order valence-corrected chi connectivity index (χ0v) is 6.58. The molecule has 2 heteroatoms. The first-order valence-electron chi connectivity index (χ1n) is 3.04. The van der Waals surface area contributed by atoms with Gasteiger partial charge < -0.3 is 5.73 Å². The van der Waals surface area contributed by atoms with Gasteiger partial charge in [-0.3, -0.25) is 0 Å². The molecule has 0 saturated carbocycles. The van der Waals surface area contributed by atoms with Gasteiger partial charge in [0, 0.05) is 6.04 Å². The molecule has 0 spiro atoms. The molecule has 0 heterocycles. The third-order valence-electron chi connectivity index (χ3n) is 0.903. The molecule has 2 N–H and O–H groups in total. The maximum absolute atomic E-state index is 5.51. The highest BCUT2D eigenvalue weighted by molar-refractivity contribution is 7.99. The molecule has 0 aliphatic rings. The predicted octanol–water partition coefficient (Wildman–Crippen LogP) is 1.09. The number of thioether (sulfide) groups is 1. The van der Waals surface area contributed by atoms with Gasteiger partial charge in [-0.2, -0.15) is 0 Å². The number of rotatable bonds is 4. The van der Waals surface area contributed by atoms with Crippen molar-refractivity contribution in [3.05, 3.63) is 0 Å². The highest BCUT2D eigenvalue weighted by atomic mass is 32.2. The summed E-state index contributed by atoms with van der Waals surface area (Å²) in [6, 6.07) is 0.315. The Morgan fingerprint density at radius 1 is 1.78 bits per heavy atom. The molecule has 0 saturated heterocycles. The van der Waals surface area contributed by atoms with Crippen molar-refractivity contribution in [1.29, 1.82) is 0 Å². The van der Waals surface area contributed by atoms with Gasteiger partial charge in [-0.25, -0.2) is 0 Å². The molecule has 1 atom stereocenters. The molecule has 0 aromatic heterocycles. The summed E-state index contributed by atoms with van der Waals surface area (Å²) in [4.78, 5) is 0. The van der Waals surface area contributed by atoms with Crippen molar-refractivity contribution < 1.29 is 0 Å². The average Bonchev–Trinajstić information content (AvgIpc) is 1.80. The summed E-state index contributed by atoms with van der Waals surface area (Å²) in [5.74, 6) is 4.46. The van der Waals surface area contributed by atoms with Crippen molar-refractivity contribution in [3.63, 3.8) is 0 Å². The van der Waals surface area contributed by atoms with Gasteiger partial charge in [0.05, 0.1) is 5.75 Å². The van der Waals surface area contributed by atoms with Gasteiger partial charge in [-0.05, 0) is 19.1 Å². The third-order valence-corrected chi connectivity index (χ3v) is 1.80. The Labute approximate surface area is 61.4 Å². The van der Waals surface area contributed by atoms with Gasteiger partial charge in [-0.1, -0.05) is 5.92 Å². The van der Waals surface area contributed by atoms with Crippen molar-refractivity contribution in [2.75, 3.05) is 11.5 Å². The van der Waals surface area contributed by atoms with Crippen LogP contribution in [-0.2, 0) is 0 Å². The van der Waals surface area contributed by atoms with Crippen molar-refractivity contribution in [1.82, 2.24) is 0 Å². The second-order valence-corrected chi connectivity index (χ2v) is 3.13. The normalized spacial score (nSPS) is 12.6. The summed E-state index contributed by atoms with van der Waals surface area (Å²) in [6.45, 7) is 2.01. The topological polar surface area (TPSA) is 26.0 Å². The molecule has 0 fully saturated rings. The number of hydrogen-bond donors (Lipinski definition) is 1. The molecule has 0 aromatic rings. The molecule has 0 aromatic carbocycles. The van der Waals surface area contributed by atoms with Crippen LogP contribution in [0.15, 0.2) is 0 Å². The van der Waals surface area contributed by atoms with Crippen LogP contribution in [0.3, 0.4) is 0 Å². The molecule has 0 aliphatic heterocycles. The van der Waals surface area contributed by atoms with Gasteiger partial charge in [0.2, 0.25) is 0 Å². The summed E-state index contributed by atoms with van der Waals surface area (Å²) in [5.41, 5.74) is 5.51. The minimum Gasteiger partial charge on any atom is -0.328 e. The molecule has 0 amide bonds. The first-order valence-corrected chi connectivity index (χ1v) is 4.19. The van der Waals surface area contributed by atoms with Crippen LogP contribution in [0.5, 0.6) is 0 Å². The molecule has 9 heavy (non-hydrogen) atoms. The summed E-state index contributed by atoms with van der Waals surface area (Å²) < 4.78 is 0. The highest BCUT2D eigenvalue weighted by Gasteiger charge is 1.91. The number of terminal acetylenes is 1. The lowest BCUT2D eigenvalue weighted by atomic mass is 10.3. The van der Waals surface area contributed by atoms with Gasteiger partial charge in [-0.15, -0.1) is 18.2 Å². The fraction of sp³-hybridized carbons (Fsp3) is 0.714. The minimum atomic E-state index is 0.315. The molecular formula is C7H13NS. The van der Waals surface area contributed by atoms with Crippen LogP contribution in [0.2, 0.25) is 0 Å². The van der Waals surface area contributed by atoms with E-state index >= 15 is 0 Å². The minimum absolute atomic E-state index is 0.315. The lowest BCUT2D eigenvalue weighted by Crippen LogP contribution is -2.15. The standard InChI is InChI=1S/C7H13NS/c1-3-5-9-6-4-7(2)8/h1,7H,4-6,8H2,2H3. The largest absolute Gasteiger partial charge is 0.328 e. The Bertz CT molecular complexity index is 93.6. The van der Waals surface area contributed by atoms with E-state index in [1.165, 1.54) is 0 Å². The van der Waals surface area contributed by atoms with E-state index < -0.39 is 0 Å². The van der Waals surface area contributed by atoms with Gasteiger partial charge in [0.15, 0.2) is 0 Å². The van der Waals surface area contributed by atoms with E-state index in [-0.39, 0.29) is 0 Å². The zero-order valence-electron chi connectivity index (χ0n) is 5.76. The SMILES string of the molecule is C#CCSCCC(C)N. The molecular weight excluding hydrogens is 130 g/mol. The summed E-state index contributed by atoms with van der Waals surface area (Å²) in [6.07, 6.45) is 6.11. The summed E-state index contributed by atoms with van der Waals surface area (Å²) >= 11 is 1.77. The Hall–Kier alpha value is -0.130. The van der Waals surface area contributed by atoms with Gasteiger partial charge in [0.1, 0.15) is 0 Å². The Morgan fingerprint density at radius 3 is 2.89 bits per heavy atom. The van der Waals surface area contributed by atoms with E-state index in [0.717, 1.165) is 17.9 Å². The van der Waals surface area contributed by atoms with Gasteiger partial charge >= 0.3 is 0 Å². The van der Waals surface area contributed by atoms with Crippen molar-refractivity contribution in [2.24, 2.45) is 5.73 Å². The van der Waals surface area contributed by atoms with Crippen molar-refractivity contribution in [3.8, 4) is 12.3 Å². The van der Waals surface area contributed by atoms with Crippen LogP contribution in [0, 0.1) is 12.3 Å². The van der Waals surface area contributed by atoms with Crippen LogP contribution < -0.4 is 5.73 Å². The second-order valence-electron chi connectivity index (χ2n) is 2.02. The van der Waals surface area contributed by atoms with E-state index in [4.69, 9.17) is 12.2 Å². The maximum Gasteiger partial charge on any atom is 0.0544 e. The molecule has 0 rings (SSSR count). The molecule has 1 unspecified atom stereocenters. The van der Waals surface area contributed by atoms with E-state index in [1.54, 1.807) is 11.8 Å². The Balaban J connectivity index is 2.85. The van der Waals surface area contributed by atoms with E-state index in [9.17, 15) is 0 Å². The van der Waals surface area contributed by atoms with Crippen LogP contribution in [-0.4, -0.2) is 17.5 Å². The van der Waals surface area contributed by atoms with Crippen molar-refractivity contribution >= 4 is 11.8 Å². The summed E-state index contributed by atoms with van der Waals surface area (Å²) in [5, 5.41) is 0. The lowest BCUT2D eigenvalue weighted by molar-refractivity contribution is 0.721. The van der Waals surface area contributed by atoms with Crippen LogP contribution >= 0.6 is 11.8 Å². The number of nitrogens with two attached hydrogens (primary N) is 1. The Morgan fingerprint density at radius 2 is 2.44 bits per heavy atom. The predicted molar refractivity (Wildman–Crippen MR) is 44.4 cm³/mol. The quantitative estimate of drug-likeness (QED) is 0.471. The maximum atomic E-state index is 5.51. The van der Waals surface area contributed by atoms with Gasteiger partial charge in [0.25, 0.3) is 0 Å². The fourth-order valence-corrected chi connectivity index (χ4v) is 1.20. The molecule has 1 nitrogen and oxygen atoms in total. The Kier molecular flexibility index (Phi) is 5.91. The molecule has 0 radical (unpaired) electrons. The second kappa shape index (κ2) is 6.00. The third kappa shape index (κ3) is 7.87. The van der Waals surface area contributed by atoms with E-state index in [2.05, 4.69) is 5.92 Å². The van der Waals surface area contributed by atoms with E-state index in [1.807, 2.05) is 6.92 Å². The molecule has 52 valence electrons. The van der Waals surface area contributed by atoms with Crippen molar-refractivity contribution in [2.45, 2.75) is 19.4 Å². The monoisotopic (exact) mass is 143 g/mol. The van der Waals surface area contributed by atoms with Crippen LogP contribution in [0.25, 0.3) is 0 Å². The first-order chi connectivity index (χ1) is 4.27. The molecule has 0 bridgehead atoms. The lowest BCUT2D eigenvalue weighted by Gasteiger charge is -2.00. The zero-order chi connectivity index (χ0) is 7.11. The van der Waals surface area contributed by atoms with Crippen LogP contribution in [0.4, 0.5) is 0 Å². The van der Waals surface area contributed by atoms with E-state index in [0.29, 0.717) is 6.04 Å². The average molecular weight is 143 g/mol. The van der Waals surface area contributed by atoms with Crippen LogP contribution in [0.1, 0.15) is 13.3 Å².